The van der Waals surface area contributed by atoms with Crippen LogP contribution in [0.5, 0.6) is 0 Å². The van der Waals surface area contributed by atoms with E-state index in [2.05, 4.69) is 38.0 Å². The van der Waals surface area contributed by atoms with Crippen molar-refractivity contribution in [2.45, 2.75) is 39.3 Å². The van der Waals surface area contributed by atoms with Gasteiger partial charge in [-0.05, 0) is 30.5 Å². The van der Waals surface area contributed by atoms with Gasteiger partial charge in [-0.25, -0.2) is 0 Å². The number of benzene rings is 1. The number of aliphatic imine (C=N–C) groups is 1. The third-order valence-corrected chi connectivity index (χ3v) is 4.96. The maximum atomic E-state index is 11.6. The van der Waals surface area contributed by atoms with Crippen LogP contribution in [0.1, 0.15) is 32.3 Å². The number of amides is 1. The highest BCUT2D eigenvalue weighted by atomic mass is 35.5. The Kier molecular flexibility index (Phi) is 8.88. The molecule has 0 spiro atoms. The third-order valence-electron chi connectivity index (χ3n) is 4.71. The van der Waals surface area contributed by atoms with Gasteiger partial charge in [0.15, 0.2) is 5.96 Å². The smallest absolute Gasteiger partial charge is 0.222 e. The number of piperidine rings is 1. The zero-order valence-electron chi connectivity index (χ0n) is 16.6. The molecule has 1 heterocycles. The summed E-state index contributed by atoms with van der Waals surface area (Å²) in [5, 5.41) is 10.4. The number of nitrogens with one attached hydrogen (secondary N) is 3. The topological polar surface area (TPSA) is 68.8 Å². The summed E-state index contributed by atoms with van der Waals surface area (Å²) >= 11 is 5.95. The van der Waals surface area contributed by atoms with Crippen molar-refractivity contribution in [3.8, 4) is 0 Å². The molecule has 27 heavy (non-hydrogen) atoms. The van der Waals surface area contributed by atoms with Crippen LogP contribution in [0.15, 0.2) is 29.3 Å². The number of carbonyl (C=O) groups excluding carboxylic acids is 1. The summed E-state index contributed by atoms with van der Waals surface area (Å²) in [4.78, 5) is 18.3. The van der Waals surface area contributed by atoms with Gasteiger partial charge in [0.1, 0.15) is 0 Å². The number of hydrogen-bond acceptors (Lipinski definition) is 3. The minimum absolute atomic E-state index is 0.0143. The molecule has 0 radical (unpaired) electrons. The molecule has 0 aliphatic carbocycles. The highest BCUT2D eigenvalue weighted by Gasteiger charge is 2.20. The normalized spacial score (nSPS) is 16.4. The van der Waals surface area contributed by atoms with E-state index in [9.17, 15) is 4.79 Å². The number of guanidine groups is 1. The first-order valence-corrected chi connectivity index (χ1v) is 10.1. The van der Waals surface area contributed by atoms with Crippen molar-refractivity contribution in [2.24, 2.45) is 10.9 Å². The molecular weight excluding hydrogens is 362 g/mol. The van der Waals surface area contributed by atoms with Crippen LogP contribution in [0, 0.1) is 5.92 Å². The first-order valence-electron chi connectivity index (χ1n) is 9.69. The quantitative estimate of drug-likeness (QED) is 0.377. The minimum atomic E-state index is 0.0143. The Labute approximate surface area is 167 Å². The SMILES string of the molecule is CN=C(NCCNC(=O)C(C)C)NC1CCN(Cc2ccc(Cl)cc2)CC1. The summed E-state index contributed by atoms with van der Waals surface area (Å²) < 4.78 is 0. The molecule has 0 bridgehead atoms. The van der Waals surface area contributed by atoms with Gasteiger partial charge in [-0.2, -0.15) is 0 Å². The fourth-order valence-electron chi connectivity index (χ4n) is 3.04. The number of hydrogen-bond donors (Lipinski definition) is 3. The van der Waals surface area contributed by atoms with Crippen LogP contribution in [-0.2, 0) is 11.3 Å². The van der Waals surface area contributed by atoms with Gasteiger partial charge in [-0.15, -0.1) is 0 Å². The van der Waals surface area contributed by atoms with Gasteiger partial charge in [0.2, 0.25) is 5.91 Å². The molecule has 1 saturated heterocycles. The molecule has 6 nitrogen and oxygen atoms in total. The second-order valence-electron chi connectivity index (χ2n) is 7.27. The van der Waals surface area contributed by atoms with Crippen LogP contribution in [-0.4, -0.2) is 56.0 Å². The fraction of sp³-hybridized carbons (Fsp3) is 0.600. The van der Waals surface area contributed by atoms with Crippen LogP contribution in [0.25, 0.3) is 0 Å². The van der Waals surface area contributed by atoms with Crippen LogP contribution >= 0.6 is 11.6 Å². The monoisotopic (exact) mass is 393 g/mol. The van der Waals surface area contributed by atoms with Gasteiger partial charge in [-0.3, -0.25) is 14.7 Å². The van der Waals surface area contributed by atoms with E-state index in [1.807, 2.05) is 26.0 Å². The highest BCUT2D eigenvalue weighted by molar-refractivity contribution is 6.30. The maximum absolute atomic E-state index is 11.6. The van der Waals surface area contributed by atoms with Gasteiger partial charge in [-0.1, -0.05) is 37.6 Å². The Morgan fingerprint density at radius 2 is 1.81 bits per heavy atom. The number of rotatable bonds is 7. The Bertz CT molecular complexity index is 609. The molecular formula is C20H32ClN5O. The minimum Gasteiger partial charge on any atom is -0.355 e. The average molecular weight is 394 g/mol. The van der Waals surface area contributed by atoms with E-state index in [4.69, 9.17) is 11.6 Å². The van der Waals surface area contributed by atoms with Gasteiger partial charge < -0.3 is 16.0 Å². The highest BCUT2D eigenvalue weighted by Crippen LogP contribution is 2.15. The Hall–Kier alpha value is -1.79. The summed E-state index contributed by atoms with van der Waals surface area (Å²) in [6.07, 6.45) is 2.16. The molecule has 150 valence electrons. The van der Waals surface area contributed by atoms with Crippen LogP contribution < -0.4 is 16.0 Å². The molecule has 1 aliphatic heterocycles. The van der Waals surface area contributed by atoms with E-state index in [1.54, 1.807) is 7.05 Å². The van der Waals surface area contributed by atoms with Crippen molar-refractivity contribution < 1.29 is 4.79 Å². The molecule has 1 amide bonds. The molecule has 0 unspecified atom stereocenters. The molecule has 3 N–H and O–H groups in total. The lowest BCUT2D eigenvalue weighted by atomic mass is 10.0. The lowest BCUT2D eigenvalue weighted by Gasteiger charge is -2.33. The molecule has 1 aromatic carbocycles. The van der Waals surface area contributed by atoms with E-state index in [0.717, 1.165) is 43.5 Å². The van der Waals surface area contributed by atoms with Crippen LogP contribution in [0.3, 0.4) is 0 Å². The lowest BCUT2D eigenvalue weighted by Crippen LogP contribution is -2.49. The summed E-state index contributed by atoms with van der Waals surface area (Å²) in [5.74, 6) is 0.887. The Morgan fingerprint density at radius 3 is 2.41 bits per heavy atom. The van der Waals surface area contributed by atoms with Crippen molar-refractivity contribution in [1.29, 1.82) is 0 Å². The van der Waals surface area contributed by atoms with Crippen LogP contribution in [0.4, 0.5) is 0 Å². The molecule has 0 saturated carbocycles. The van der Waals surface area contributed by atoms with E-state index < -0.39 is 0 Å². The number of nitrogens with zero attached hydrogens (tertiary/aromatic N) is 2. The standard InChI is InChI=1S/C20H32ClN5O/c1-15(2)19(27)23-10-11-24-20(22-3)25-18-8-12-26(13-9-18)14-16-4-6-17(21)7-5-16/h4-7,15,18H,8-14H2,1-3H3,(H,23,27)(H2,22,24,25). The van der Waals surface area contributed by atoms with E-state index in [-0.39, 0.29) is 11.8 Å². The predicted molar refractivity (Wildman–Crippen MR) is 112 cm³/mol. The first kappa shape index (κ1) is 21.5. The molecule has 1 aromatic rings. The van der Waals surface area contributed by atoms with Crippen molar-refractivity contribution in [3.63, 3.8) is 0 Å². The van der Waals surface area contributed by atoms with Gasteiger partial charge in [0.05, 0.1) is 0 Å². The Morgan fingerprint density at radius 1 is 1.19 bits per heavy atom. The largest absolute Gasteiger partial charge is 0.355 e. The van der Waals surface area contributed by atoms with Crippen molar-refractivity contribution in [2.75, 3.05) is 33.2 Å². The lowest BCUT2D eigenvalue weighted by molar-refractivity contribution is -0.123. The number of likely N-dealkylation sites (tertiary alicyclic amines) is 1. The number of carbonyl (C=O) groups is 1. The molecule has 1 fully saturated rings. The summed E-state index contributed by atoms with van der Waals surface area (Å²) in [5.41, 5.74) is 1.30. The fourth-order valence-corrected chi connectivity index (χ4v) is 3.17. The van der Waals surface area contributed by atoms with Gasteiger partial charge in [0, 0.05) is 56.8 Å². The summed E-state index contributed by atoms with van der Waals surface area (Å²) in [6.45, 7) is 8.12. The van der Waals surface area contributed by atoms with E-state index >= 15 is 0 Å². The molecule has 0 aromatic heterocycles. The second-order valence-corrected chi connectivity index (χ2v) is 7.70. The molecule has 1 aliphatic rings. The second kappa shape index (κ2) is 11.1. The van der Waals surface area contributed by atoms with Crippen molar-refractivity contribution >= 4 is 23.5 Å². The van der Waals surface area contributed by atoms with Gasteiger partial charge in [0.25, 0.3) is 0 Å². The van der Waals surface area contributed by atoms with Crippen molar-refractivity contribution in [3.05, 3.63) is 34.9 Å². The first-order chi connectivity index (χ1) is 13.0. The molecule has 7 heteroatoms. The van der Waals surface area contributed by atoms with Crippen LogP contribution in [0.2, 0.25) is 5.02 Å². The average Bonchev–Trinajstić information content (AvgIpc) is 2.67. The predicted octanol–water partition coefficient (Wildman–Crippen LogP) is 2.24. The maximum Gasteiger partial charge on any atom is 0.222 e. The summed E-state index contributed by atoms with van der Waals surface area (Å²) in [7, 11) is 1.78. The van der Waals surface area contributed by atoms with Gasteiger partial charge >= 0.3 is 0 Å². The van der Waals surface area contributed by atoms with E-state index in [1.165, 1.54) is 5.56 Å². The summed E-state index contributed by atoms with van der Waals surface area (Å²) in [6, 6.07) is 8.50. The zero-order chi connectivity index (χ0) is 19.6. The van der Waals surface area contributed by atoms with E-state index in [0.29, 0.717) is 19.1 Å². The molecule has 2 rings (SSSR count). The molecule has 0 atom stereocenters. The zero-order valence-corrected chi connectivity index (χ0v) is 17.4. The Balaban J connectivity index is 1.66. The number of halogens is 1. The third kappa shape index (κ3) is 7.77. The van der Waals surface area contributed by atoms with Crippen molar-refractivity contribution in [1.82, 2.24) is 20.9 Å².